The molecule has 0 amide bonds. The molecule has 0 radical (unpaired) electrons. The number of benzene rings is 2. The monoisotopic (exact) mass is 365 g/mol. The lowest BCUT2D eigenvalue weighted by Gasteiger charge is -2.27. The number of hydrogen-bond donors (Lipinski definition) is 1. The van der Waals surface area contributed by atoms with E-state index in [0.29, 0.717) is 0 Å². The minimum Gasteiger partial charge on any atom is -0.399 e. The predicted octanol–water partition coefficient (Wildman–Crippen LogP) is 6.87. The molecule has 0 unspecified atom stereocenters. The van der Waals surface area contributed by atoms with Crippen LogP contribution in [0.1, 0.15) is 48.6 Å². The Balaban J connectivity index is 2.09. The van der Waals surface area contributed by atoms with Crippen molar-refractivity contribution in [3.8, 4) is 0 Å². The summed E-state index contributed by atoms with van der Waals surface area (Å²) >= 11 is 1.74. The van der Waals surface area contributed by atoms with Crippen LogP contribution in [0.5, 0.6) is 0 Å². The van der Waals surface area contributed by atoms with E-state index in [-0.39, 0.29) is 5.41 Å². The number of nitrogen functional groups attached to an aromatic ring is 1. The normalized spacial score (nSPS) is 12.3. The van der Waals surface area contributed by atoms with Crippen molar-refractivity contribution in [1.29, 1.82) is 0 Å². The van der Waals surface area contributed by atoms with E-state index < -0.39 is 0 Å². The van der Waals surface area contributed by atoms with E-state index in [1.807, 2.05) is 0 Å². The van der Waals surface area contributed by atoms with Crippen molar-refractivity contribution in [3.05, 3.63) is 86.7 Å². The van der Waals surface area contributed by atoms with Crippen LogP contribution in [0, 0.1) is 20.8 Å². The molecule has 2 rings (SSSR count). The molecule has 0 atom stereocenters. The first-order chi connectivity index (χ1) is 12.1. The molecule has 138 valence electrons. The van der Waals surface area contributed by atoms with Gasteiger partial charge < -0.3 is 5.73 Å². The third-order valence-corrected chi connectivity index (χ3v) is 6.38. The molecule has 0 saturated carbocycles. The summed E-state index contributed by atoms with van der Waals surface area (Å²) in [6.45, 7) is 17.3. The summed E-state index contributed by atoms with van der Waals surface area (Å²) in [5.41, 5.74) is 14.5. The zero-order valence-electron chi connectivity index (χ0n) is 16.9. The van der Waals surface area contributed by atoms with Gasteiger partial charge in [-0.15, -0.1) is 11.8 Å². The van der Waals surface area contributed by atoms with E-state index in [1.165, 1.54) is 27.8 Å². The average Bonchev–Trinajstić information content (AvgIpc) is 2.58. The summed E-state index contributed by atoms with van der Waals surface area (Å²) in [4.78, 5) is 1.16. The van der Waals surface area contributed by atoms with Crippen molar-refractivity contribution in [1.82, 2.24) is 0 Å². The van der Waals surface area contributed by atoms with Crippen molar-refractivity contribution in [2.75, 3.05) is 5.73 Å². The highest BCUT2D eigenvalue weighted by Crippen LogP contribution is 2.38. The summed E-state index contributed by atoms with van der Waals surface area (Å²) in [7, 11) is 0. The van der Waals surface area contributed by atoms with Gasteiger partial charge in [-0.05, 0) is 72.7 Å². The molecule has 0 aliphatic heterocycles. The number of anilines is 1. The van der Waals surface area contributed by atoms with Crippen molar-refractivity contribution >= 4 is 17.4 Å². The Morgan fingerprint density at radius 1 is 1.08 bits per heavy atom. The van der Waals surface area contributed by atoms with Crippen molar-refractivity contribution in [3.63, 3.8) is 0 Å². The van der Waals surface area contributed by atoms with E-state index in [0.717, 1.165) is 22.6 Å². The number of rotatable bonds is 6. The molecule has 2 heteroatoms. The summed E-state index contributed by atoms with van der Waals surface area (Å²) < 4.78 is 0. The first kappa shape index (κ1) is 20.4. The van der Waals surface area contributed by atoms with Crippen LogP contribution < -0.4 is 5.73 Å². The Labute approximate surface area is 163 Å². The summed E-state index contributed by atoms with van der Waals surface area (Å²) in [5, 5.41) is 2.24. The molecule has 0 heterocycles. The Morgan fingerprint density at radius 3 is 2.31 bits per heavy atom. The van der Waals surface area contributed by atoms with E-state index in [9.17, 15) is 0 Å². The molecule has 0 spiro atoms. The quantitative estimate of drug-likeness (QED) is 0.565. The van der Waals surface area contributed by atoms with Gasteiger partial charge in [0.1, 0.15) is 0 Å². The van der Waals surface area contributed by atoms with Crippen LogP contribution in [0.3, 0.4) is 0 Å². The highest BCUT2D eigenvalue weighted by molar-refractivity contribution is 8.05. The second kappa shape index (κ2) is 8.18. The van der Waals surface area contributed by atoms with Crippen LogP contribution in [0.25, 0.3) is 0 Å². The van der Waals surface area contributed by atoms with Gasteiger partial charge in [0.25, 0.3) is 0 Å². The molecule has 0 aromatic heterocycles. The summed E-state index contributed by atoms with van der Waals surface area (Å²) in [6.07, 6.45) is 0.943. The predicted molar refractivity (Wildman–Crippen MR) is 119 cm³/mol. The lowest BCUT2D eigenvalue weighted by molar-refractivity contribution is 0.660. The molecule has 2 N–H and O–H groups in total. The molecule has 1 nitrogen and oxygen atoms in total. The van der Waals surface area contributed by atoms with Gasteiger partial charge in [-0.25, -0.2) is 0 Å². The van der Waals surface area contributed by atoms with Crippen LogP contribution in [0.15, 0.2) is 58.9 Å². The minimum atomic E-state index is -0.0666. The van der Waals surface area contributed by atoms with E-state index in [2.05, 4.69) is 89.9 Å². The van der Waals surface area contributed by atoms with E-state index in [1.54, 1.807) is 11.8 Å². The third-order valence-electron chi connectivity index (χ3n) is 5.07. The van der Waals surface area contributed by atoms with Gasteiger partial charge in [0.05, 0.1) is 0 Å². The summed E-state index contributed by atoms with van der Waals surface area (Å²) in [6, 6.07) is 13.0. The first-order valence-corrected chi connectivity index (χ1v) is 9.93. The fraction of sp³-hybridized carbons (Fsp3) is 0.333. The maximum atomic E-state index is 6.00. The van der Waals surface area contributed by atoms with Crippen LogP contribution in [-0.4, -0.2) is 0 Å². The van der Waals surface area contributed by atoms with Crippen molar-refractivity contribution < 1.29 is 0 Å². The Bertz CT molecular complexity index is 826. The van der Waals surface area contributed by atoms with Crippen LogP contribution in [0.2, 0.25) is 0 Å². The molecule has 0 fully saturated rings. The van der Waals surface area contributed by atoms with Gasteiger partial charge in [-0.3, -0.25) is 0 Å². The molecule has 0 aliphatic carbocycles. The zero-order valence-corrected chi connectivity index (χ0v) is 17.8. The Hall–Kier alpha value is -1.93. The number of hydrogen-bond acceptors (Lipinski definition) is 2. The third kappa shape index (κ3) is 4.82. The zero-order chi connectivity index (χ0) is 19.5. The van der Waals surface area contributed by atoms with Gasteiger partial charge in [-0.2, -0.15) is 0 Å². The first-order valence-electron chi connectivity index (χ1n) is 9.05. The maximum Gasteiger partial charge on any atom is 0.0346 e. The molecular formula is C24H31NS. The highest BCUT2D eigenvalue weighted by atomic mass is 32.2. The largest absolute Gasteiger partial charge is 0.399 e. The van der Waals surface area contributed by atoms with Gasteiger partial charge >= 0.3 is 0 Å². The topological polar surface area (TPSA) is 26.0 Å². The van der Waals surface area contributed by atoms with E-state index in [4.69, 9.17) is 5.73 Å². The number of allylic oxidation sites excluding steroid dienone is 2. The fourth-order valence-electron chi connectivity index (χ4n) is 2.88. The van der Waals surface area contributed by atoms with Crippen LogP contribution in [0.4, 0.5) is 5.69 Å². The van der Waals surface area contributed by atoms with Crippen molar-refractivity contribution in [2.24, 2.45) is 0 Å². The lowest BCUT2D eigenvalue weighted by atomic mass is 9.84. The fourth-order valence-corrected chi connectivity index (χ4v) is 3.72. The van der Waals surface area contributed by atoms with Gasteiger partial charge in [0.2, 0.25) is 0 Å². The van der Waals surface area contributed by atoms with Crippen LogP contribution in [-0.2, 0) is 11.8 Å². The molecule has 0 bridgehead atoms. The standard InChI is InChI=1S/C24H31NS/c1-16-8-10-22(11-9-16)24(6,7)20(5)26-15-17(2)12-21-13-19(4)23(25)14-18(21)3/h8-11,13-15H,5,12,25H2,1-4,6-7H3/b17-15+. The summed E-state index contributed by atoms with van der Waals surface area (Å²) in [5.74, 6) is 0. The Kier molecular flexibility index (Phi) is 6.41. The molecular weight excluding hydrogens is 334 g/mol. The van der Waals surface area contributed by atoms with E-state index >= 15 is 0 Å². The number of nitrogens with two attached hydrogens (primary N) is 1. The maximum absolute atomic E-state index is 6.00. The molecule has 2 aromatic rings. The highest BCUT2D eigenvalue weighted by Gasteiger charge is 2.24. The molecule has 2 aromatic carbocycles. The average molecular weight is 366 g/mol. The molecule has 0 aliphatic rings. The SMILES string of the molecule is C=C(S/C=C(\C)Cc1cc(C)c(N)cc1C)C(C)(C)c1ccc(C)cc1. The second-order valence-electron chi connectivity index (χ2n) is 7.81. The minimum absolute atomic E-state index is 0.0666. The van der Waals surface area contributed by atoms with Crippen molar-refractivity contribution in [2.45, 2.75) is 53.4 Å². The second-order valence-corrected chi connectivity index (χ2v) is 8.77. The number of aryl methyl sites for hydroxylation is 3. The smallest absolute Gasteiger partial charge is 0.0346 e. The number of thioether (sulfide) groups is 1. The van der Waals surface area contributed by atoms with Crippen LogP contribution >= 0.6 is 11.8 Å². The molecule has 26 heavy (non-hydrogen) atoms. The van der Waals surface area contributed by atoms with Gasteiger partial charge in [0.15, 0.2) is 0 Å². The Morgan fingerprint density at radius 2 is 1.69 bits per heavy atom. The van der Waals surface area contributed by atoms with Gasteiger partial charge in [-0.1, -0.05) is 61.9 Å². The van der Waals surface area contributed by atoms with Gasteiger partial charge in [0, 0.05) is 11.1 Å². The molecule has 0 saturated heterocycles. The lowest BCUT2D eigenvalue weighted by Crippen LogP contribution is -2.17.